The van der Waals surface area contributed by atoms with E-state index in [9.17, 15) is 16.8 Å². The van der Waals surface area contributed by atoms with E-state index in [0.29, 0.717) is 0 Å². The fourth-order valence-electron chi connectivity index (χ4n) is 0.403. The molecule has 0 amide bonds. The standard InChI is InChI=1S/C3H4N2.CH4O6S2/c1-2-5-3-4-1;2-8(3,4)1-9(5,6)7/h1-3H,(H,4,5);1H2,(H,2,3,4)(H,5,6,7). The Bertz CT molecular complexity index is 385. The van der Waals surface area contributed by atoms with E-state index in [2.05, 4.69) is 9.97 Å². The summed E-state index contributed by atoms with van der Waals surface area (Å²) in [7, 11) is -9.24. The van der Waals surface area contributed by atoms with E-state index in [4.69, 9.17) is 9.11 Å². The quantitative estimate of drug-likeness (QED) is 0.575. The summed E-state index contributed by atoms with van der Waals surface area (Å²) in [5.74, 6) is 0. The molecule has 1 heterocycles. The monoisotopic (exact) mass is 244 g/mol. The van der Waals surface area contributed by atoms with Gasteiger partial charge in [-0.15, -0.1) is 0 Å². The first-order valence-electron chi connectivity index (χ1n) is 3.04. The molecular formula is C4H8N2O6S2. The smallest absolute Gasteiger partial charge is 0.281 e. The highest BCUT2D eigenvalue weighted by atomic mass is 32.3. The van der Waals surface area contributed by atoms with Crippen LogP contribution in [0.5, 0.6) is 0 Å². The van der Waals surface area contributed by atoms with Crippen molar-refractivity contribution in [2.45, 2.75) is 0 Å². The molecule has 0 radical (unpaired) electrons. The average molecular weight is 244 g/mol. The third-order valence-corrected chi connectivity index (χ3v) is 3.09. The van der Waals surface area contributed by atoms with Crippen LogP contribution in [0.4, 0.5) is 0 Å². The lowest BCUT2D eigenvalue weighted by atomic mass is 11.0. The Morgan fingerprint density at radius 3 is 1.71 bits per heavy atom. The molecule has 1 aromatic rings. The minimum atomic E-state index is -4.62. The molecule has 10 heteroatoms. The van der Waals surface area contributed by atoms with Crippen LogP contribution >= 0.6 is 0 Å². The molecule has 8 nitrogen and oxygen atoms in total. The third-order valence-electron chi connectivity index (χ3n) is 0.704. The van der Waals surface area contributed by atoms with Crippen molar-refractivity contribution in [3.63, 3.8) is 0 Å². The van der Waals surface area contributed by atoms with E-state index < -0.39 is 25.3 Å². The minimum absolute atomic E-state index is 1.62. The second kappa shape index (κ2) is 5.05. The molecule has 0 spiro atoms. The van der Waals surface area contributed by atoms with Gasteiger partial charge < -0.3 is 4.98 Å². The number of imidazole rings is 1. The van der Waals surface area contributed by atoms with Gasteiger partial charge in [0.25, 0.3) is 20.2 Å². The summed E-state index contributed by atoms with van der Waals surface area (Å²) in [5, 5.41) is -1.65. The summed E-state index contributed by atoms with van der Waals surface area (Å²) >= 11 is 0. The highest BCUT2D eigenvalue weighted by Crippen LogP contribution is 1.88. The first-order valence-corrected chi connectivity index (χ1v) is 6.25. The van der Waals surface area contributed by atoms with Crippen molar-refractivity contribution in [3.8, 4) is 0 Å². The zero-order valence-corrected chi connectivity index (χ0v) is 8.36. The molecule has 1 rings (SSSR count). The molecule has 0 bridgehead atoms. The molecule has 0 fully saturated rings. The Balaban J connectivity index is 0.000000280. The zero-order valence-electron chi connectivity index (χ0n) is 6.73. The lowest BCUT2D eigenvalue weighted by Gasteiger charge is -1.89. The lowest BCUT2D eigenvalue weighted by molar-refractivity contribution is 0.471. The van der Waals surface area contributed by atoms with Gasteiger partial charge >= 0.3 is 0 Å². The van der Waals surface area contributed by atoms with E-state index in [1.54, 1.807) is 18.7 Å². The molecule has 3 N–H and O–H groups in total. The number of hydrogen-bond acceptors (Lipinski definition) is 5. The maximum Gasteiger partial charge on any atom is 0.281 e. The molecule has 0 aliphatic carbocycles. The summed E-state index contributed by atoms with van der Waals surface area (Å²) in [6.07, 6.45) is 5.08. The lowest BCUT2D eigenvalue weighted by Crippen LogP contribution is -2.13. The summed E-state index contributed by atoms with van der Waals surface area (Å²) in [6.45, 7) is 0. The van der Waals surface area contributed by atoms with Crippen LogP contribution in [0.25, 0.3) is 0 Å². The summed E-state index contributed by atoms with van der Waals surface area (Å²) in [4.78, 5) is 6.42. The third kappa shape index (κ3) is 11.0. The largest absolute Gasteiger partial charge is 0.351 e. The molecule has 0 aromatic carbocycles. The van der Waals surface area contributed by atoms with Gasteiger partial charge in [0.2, 0.25) is 5.08 Å². The van der Waals surface area contributed by atoms with Gasteiger partial charge in [0.1, 0.15) is 0 Å². The highest BCUT2D eigenvalue weighted by molar-refractivity contribution is 8.02. The SMILES string of the molecule is O=S(=O)(O)CS(=O)(=O)O.c1c[nH]cn1. The van der Waals surface area contributed by atoms with Crippen molar-refractivity contribution < 1.29 is 25.9 Å². The number of hydrogen-bond donors (Lipinski definition) is 3. The number of H-pyrrole nitrogens is 1. The molecule has 1 aromatic heterocycles. The second-order valence-electron chi connectivity index (χ2n) is 2.04. The van der Waals surface area contributed by atoms with Crippen LogP contribution in [0.3, 0.4) is 0 Å². The average Bonchev–Trinajstić information content (AvgIpc) is 2.29. The maximum absolute atomic E-state index is 9.66. The molecule has 0 atom stereocenters. The molecular weight excluding hydrogens is 236 g/mol. The number of rotatable bonds is 2. The topological polar surface area (TPSA) is 137 Å². The van der Waals surface area contributed by atoms with Gasteiger partial charge in [0.15, 0.2) is 0 Å². The Kier molecular flexibility index (Phi) is 4.70. The first kappa shape index (κ1) is 13.0. The number of aromatic amines is 1. The van der Waals surface area contributed by atoms with Crippen LogP contribution in [0.2, 0.25) is 0 Å². The molecule has 14 heavy (non-hydrogen) atoms. The van der Waals surface area contributed by atoms with E-state index in [1.165, 1.54) is 0 Å². The van der Waals surface area contributed by atoms with Gasteiger partial charge in [-0.1, -0.05) is 0 Å². The first-order chi connectivity index (χ1) is 6.21. The molecule has 0 aliphatic rings. The summed E-state index contributed by atoms with van der Waals surface area (Å²) in [5.41, 5.74) is 0. The molecule has 0 saturated carbocycles. The van der Waals surface area contributed by atoms with Crippen molar-refractivity contribution >= 4 is 20.2 Å². The molecule has 0 saturated heterocycles. The fraction of sp³-hybridized carbons (Fsp3) is 0.250. The predicted octanol–water partition coefficient (Wildman–Crippen LogP) is -0.871. The van der Waals surface area contributed by atoms with Gasteiger partial charge in [0.05, 0.1) is 6.33 Å². The van der Waals surface area contributed by atoms with Gasteiger partial charge in [-0.3, -0.25) is 9.11 Å². The normalized spacial score (nSPS) is 11.6. The van der Waals surface area contributed by atoms with Crippen LogP contribution in [0, 0.1) is 0 Å². The van der Waals surface area contributed by atoms with Gasteiger partial charge in [0, 0.05) is 12.4 Å². The van der Waals surface area contributed by atoms with Gasteiger partial charge in [-0.25, -0.2) is 4.98 Å². The number of aromatic nitrogens is 2. The van der Waals surface area contributed by atoms with Crippen LogP contribution in [0.1, 0.15) is 0 Å². The molecule has 82 valence electrons. The summed E-state index contributed by atoms with van der Waals surface area (Å²) in [6, 6.07) is 0. The summed E-state index contributed by atoms with van der Waals surface area (Å²) < 4.78 is 54.2. The van der Waals surface area contributed by atoms with E-state index in [0.717, 1.165) is 0 Å². The maximum atomic E-state index is 9.66. The molecule has 0 aliphatic heterocycles. The predicted molar refractivity (Wildman–Crippen MR) is 46.6 cm³/mol. The van der Waals surface area contributed by atoms with E-state index >= 15 is 0 Å². The van der Waals surface area contributed by atoms with E-state index in [1.807, 2.05) is 0 Å². The van der Waals surface area contributed by atoms with E-state index in [-0.39, 0.29) is 0 Å². The fourth-order valence-corrected chi connectivity index (χ4v) is 1.91. The van der Waals surface area contributed by atoms with Crippen molar-refractivity contribution in [2.75, 3.05) is 5.08 Å². The van der Waals surface area contributed by atoms with Crippen LogP contribution < -0.4 is 0 Å². The number of nitrogens with one attached hydrogen (secondary N) is 1. The Morgan fingerprint density at radius 1 is 1.14 bits per heavy atom. The Labute approximate surface area is 80.5 Å². The van der Waals surface area contributed by atoms with Gasteiger partial charge in [-0.05, 0) is 0 Å². The van der Waals surface area contributed by atoms with Crippen molar-refractivity contribution in [2.24, 2.45) is 0 Å². The van der Waals surface area contributed by atoms with Gasteiger partial charge in [-0.2, -0.15) is 16.8 Å². The zero-order chi connectivity index (χ0) is 11.2. The van der Waals surface area contributed by atoms with Crippen molar-refractivity contribution in [1.29, 1.82) is 0 Å². The minimum Gasteiger partial charge on any atom is -0.351 e. The highest BCUT2D eigenvalue weighted by Gasteiger charge is 2.15. The van der Waals surface area contributed by atoms with Crippen LogP contribution in [-0.4, -0.2) is 41.0 Å². The van der Waals surface area contributed by atoms with Crippen molar-refractivity contribution in [3.05, 3.63) is 18.7 Å². The Hall–Kier alpha value is -0.970. The second-order valence-corrected chi connectivity index (χ2v) is 5.31. The van der Waals surface area contributed by atoms with Crippen molar-refractivity contribution in [1.82, 2.24) is 9.97 Å². The van der Waals surface area contributed by atoms with Crippen LogP contribution in [-0.2, 0) is 20.2 Å². The number of nitrogens with zero attached hydrogens (tertiary/aromatic N) is 1. The molecule has 0 unspecified atom stereocenters. The Morgan fingerprint density at radius 2 is 1.64 bits per heavy atom. The van der Waals surface area contributed by atoms with Crippen LogP contribution in [0.15, 0.2) is 18.7 Å².